The number of aliphatic carboxylic acids is 1. The Labute approximate surface area is 226 Å². The number of piperazine rings is 1. The topological polar surface area (TPSA) is 90.7 Å². The fraction of sp³-hybridized carbons (Fsp3) is 0.346. The fourth-order valence-electron chi connectivity index (χ4n) is 4.85. The molecule has 1 aromatic carbocycles. The zero-order valence-electron chi connectivity index (χ0n) is 21.2. The lowest BCUT2D eigenvalue weighted by molar-refractivity contribution is -0.138. The van der Waals surface area contributed by atoms with Crippen molar-refractivity contribution in [3.63, 3.8) is 0 Å². The molecule has 3 aromatic rings. The number of halogens is 3. The molecule has 0 radical (unpaired) electrons. The van der Waals surface area contributed by atoms with Crippen LogP contribution in [0.3, 0.4) is 0 Å². The van der Waals surface area contributed by atoms with Crippen LogP contribution in [0.4, 0.5) is 30.2 Å². The van der Waals surface area contributed by atoms with Crippen molar-refractivity contribution in [1.82, 2.24) is 9.88 Å². The molecule has 206 valence electrons. The number of alkyl halides is 3. The number of aliphatic imine (C=N–C) groups is 1. The lowest BCUT2D eigenvalue weighted by Crippen LogP contribution is -2.55. The number of carboxylic acid groups (broad SMARTS) is 1. The summed E-state index contributed by atoms with van der Waals surface area (Å²) in [6, 6.07) is 7.96. The third kappa shape index (κ3) is 5.31. The Morgan fingerprint density at radius 2 is 1.82 bits per heavy atom. The normalized spacial score (nSPS) is 17.5. The van der Waals surface area contributed by atoms with E-state index in [0.717, 1.165) is 17.8 Å². The summed E-state index contributed by atoms with van der Waals surface area (Å²) >= 11 is 1.33. The number of hydrogen-bond acceptors (Lipinski definition) is 9. The van der Waals surface area contributed by atoms with Crippen LogP contribution in [0.5, 0.6) is 11.6 Å². The summed E-state index contributed by atoms with van der Waals surface area (Å²) in [5.74, 6) is -0.00533. The quantitative estimate of drug-likeness (QED) is 0.449. The van der Waals surface area contributed by atoms with Crippen LogP contribution in [0.25, 0.3) is 0 Å². The minimum atomic E-state index is -4.60. The van der Waals surface area contributed by atoms with Crippen molar-refractivity contribution in [3.05, 3.63) is 58.4 Å². The molecule has 2 aromatic heterocycles. The van der Waals surface area contributed by atoms with E-state index in [2.05, 4.69) is 9.88 Å². The van der Waals surface area contributed by atoms with Gasteiger partial charge in [-0.3, -0.25) is 9.69 Å². The van der Waals surface area contributed by atoms with Gasteiger partial charge in [-0.15, -0.1) is 11.3 Å². The number of pyridine rings is 1. The lowest BCUT2D eigenvalue weighted by Gasteiger charge is -2.44. The molecular formula is C26H26F3N5O4S. The third-order valence-corrected chi connectivity index (χ3v) is 7.72. The second-order valence-corrected chi connectivity index (χ2v) is 9.93. The molecule has 2 aliphatic rings. The van der Waals surface area contributed by atoms with Crippen LogP contribution in [-0.2, 0) is 11.0 Å². The van der Waals surface area contributed by atoms with Crippen molar-refractivity contribution < 1.29 is 32.5 Å². The molecule has 0 spiro atoms. The van der Waals surface area contributed by atoms with Crippen molar-refractivity contribution >= 4 is 40.3 Å². The third-order valence-electron chi connectivity index (χ3n) is 6.71. The first-order valence-electron chi connectivity index (χ1n) is 12.1. The molecule has 5 rings (SSSR count). The van der Waals surface area contributed by atoms with Crippen molar-refractivity contribution in [2.75, 3.05) is 50.2 Å². The van der Waals surface area contributed by atoms with Gasteiger partial charge in [0, 0.05) is 44.1 Å². The van der Waals surface area contributed by atoms with Crippen LogP contribution in [0, 0.1) is 0 Å². The van der Waals surface area contributed by atoms with Crippen LogP contribution < -0.4 is 19.3 Å². The van der Waals surface area contributed by atoms with Gasteiger partial charge in [0.25, 0.3) is 0 Å². The van der Waals surface area contributed by atoms with Gasteiger partial charge in [-0.2, -0.15) is 13.2 Å². The maximum absolute atomic E-state index is 13.8. The highest BCUT2D eigenvalue weighted by Crippen LogP contribution is 2.47. The summed E-state index contributed by atoms with van der Waals surface area (Å²) in [7, 11) is 2.92. The molecule has 1 atom stereocenters. The Bertz CT molecular complexity index is 1390. The van der Waals surface area contributed by atoms with Crippen LogP contribution in [-0.4, -0.2) is 67.3 Å². The van der Waals surface area contributed by atoms with E-state index in [9.17, 15) is 23.1 Å². The van der Waals surface area contributed by atoms with Crippen LogP contribution >= 0.6 is 11.3 Å². The highest BCUT2D eigenvalue weighted by molar-refractivity contribution is 7.10. The highest BCUT2D eigenvalue weighted by atomic mass is 32.1. The first-order chi connectivity index (χ1) is 18.7. The van der Waals surface area contributed by atoms with Gasteiger partial charge in [-0.05, 0) is 35.7 Å². The number of anilines is 2. The maximum Gasteiger partial charge on any atom is 0.416 e. The number of carboxylic acids is 1. The number of ether oxygens (including phenoxy) is 2. The van der Waals surface area contributed by atoms with Crippen molar-refractivity contribution in [3.8, 4) is 11.6 Å². The number of aromatic nitrogens is 1. The summed E-state index contributed by atoms with van der Waals surface area (Å²) in [5.41, 5.74) is 0.801. The van der Waals surface area contributed by atoms with E-state index in [1.165, 1.54) is 24.5 Å². The van der Waals surface area contributed by atoms with Crippen molar-refractivity contribution in [1.29, 1.82) is 0 Å². The van der Waals surface area contributed by atoms with E-state index in [0.29, 0.717) is 48.6 Å². The second kappa shape index (κ2) is 10.6. The first kappa shape index (κ1) is 26.6. The molecule has 1 N–H and O–H groups in total. The van der Waals surface area contributed by atoms with Gasteiger partial charge < -0.3 is 24.4 Å². The number of carbonyl (C=O) groups is 1. The summed E-state index contributed by atoms with van der Waals surface area (Å²) in [6.45, 7) is 2.20. The molecule has 39 heavy (non-hydrogen) atoms. The molecule has 2 aliphatic heterocycles. The SMILES string of the molecule is COc1cc(N2CCN(C3=Nc4ccsc4C(CC(=O)O)N3c3cc(C(F)(F)F)ccc3OC)CC2)ccn1. The van der Waals surface area contributed by atoms with Crippen LogP contribution in [0.2, 0.25) is 0 Å². The average Bonchev–Trinajstić information content (AvgIpc) is 3.41. The van der Waals surface area contributed by atoms with Gasteiger partial charge in [-0.1, -0.05) is 0 Å². The average molecular weight is 562 g/mol. The summed E-state index contributed by atoms with van der Waals surface area (Å²) in [6.07, 6.45) is -3.26. The summed E-state index contributed by atoms with van der Waals surface area (Å²) in [4.78, 5) is 27.4. The molecule has 0 bridgehead atoms. The number of fused-ring (bicyclic) bond motifs is 1. The Hall–Kier alpha value is -4.00. The molecule has 9 nitrogen and oxygen atoms in total. The molecule has 0 aliphatic carbocycles. The number of hydrogen-bond donors (Lipinski definition) is 1. The zero-order chi connectivity index (χ0) is 27.7. The van der Waals surface area contributed by atoms with Gasteiger partial charge in [0.1, 0.15) is 5.75 Å². The zero-order valence-corrected chi connectivity index (χ0v) is 22.0. The summed E-state index contributed by atoms with van der Waals surface area (Å²) < 4.78 is 52.0. The number of rotatable bonds is 6. The molecule has 0 saturated carbocycles. The Morgan fingerprint density at radius 3 is 2.49 bits per heavy atom. The Balaban J connectivity index is 1.55. The van der Waals surface area contributed by atoms with Gasteiger partial charge in [0.15, 0.2) is 0 Å². The monoisotopic (exact) mass is 561 g/mol. The van der Waals surface area contributed by atoms with Gasteiger partial charge in [-0.25, -0.2) is 9.98 Å². The van der Waals surface area contributed by atoms with Crippen molar-refractivity contribution in [2.24, 2.45) is 4.99 Å². The molecule has 1 fully saturated rings. The molecule has 13 heteroatoms. The van der Waals surface area contributed by atoms with E-state index in [-0.39, 0.29) is 17.9 Å². The summed E-state index contributed by atoms with van der Waals surface area (Å²) in [5, 5.41) is 11.6. The predicted octanol–water partition coefficient (Wildman–Crippen LogP) is 5.02. The fourth-order valence-corrected chi connectivity index (χ4v) is 5.77. The number of benzene rings is 1. The minimum absolute atomic E-state index is 0.109. The second-order valence-electron chi connectivity index (χ2n) is 8.98. The van der Waals surface area contributed by atoms with Gasteiger partial charge in [0.05, 0.1) is 48.5 Å². The van der Waals surface area contributed by atoms with Gasteiger partial charge in [0.2, 0.25) is 11.8 Å². The molecular weight excluding hydrogens is 535 g/mol. The Morgan fingerprint density at radius 1 is 1.08 bits per heavy atom. The molecule has 0 amide bonds. The molecule has 4 heterocycles. The number of nitrogens with zero attached hydrogens (tertiary/aromatic N) is 5. The minimum Gasteiger partial charge on any atom is -0.495 e. The van der Waals surface area contributed by atoms with Crippen LogP contribution in [0.15, 0.2) is 53.0 Å². The molecule has 1 saturated heterocycles. The Kier molecular flexibility index (Phi) is 7.25. The van der Waals surface area contributed by atoms with E-state index in [1.807, 2.05) is 22.4 Å². The smallest absolute Gasteiger partial charge is 0.416 e. The lowest BCUT2D eigenvalue weighted by atomic mass is 10.0. The molecule has 1 unspecified atom stereocenters. The predicted molar refractivity (Wildman–Crippen MR) is 141 cm³/mol. The number of methoxy groups -OCH3 is 2. The largest absolute Gasteiger partial charge is 0.495 e. The highest BCUT2D eigenvalue weighted by Gasteiger charge is 2.40. The van der Waals surface area contributed by atoms with Crippen molar-refractivity contribution in [2.45, 2.75) is 18.6 Å². The van der Waals surface area contributed by atoms with Gasteiger partial charge >= 0.3 is 12.1 Å². The number of thiophene rings is 1. The van der Waals surface area contributed by atoms with E-state index < -0.39 is 23.8 Å². The first-order valence-corrected chi connectivity index (χ1v) is 13.0. The van der Waals surface area contributed by atoms with Crippen LogP contribution in [0.1, 0.15) is 22.9 Å². The van der Waals surface area contributed by atoms with E-state index in [4.69, 9.17) is 14.5 Å². The standard InChI is InChI=1S/C26H26F3N5O4S/c1-37-21-4-3-16(26(27,28)29)13-19(21)34-20(15-23(35)36)24-18(6-12-39-24)31-25(34)33-10-8-32(9-11-33)17-5-7-30-22(14-17)38-2/h3-7,12-14,20H,8-11,15H2,1-2H3,(H,35,36). The van der Waals surface area contributed by atoms with E-state index in [1.54, 1.807) is 24.3 Å². The van der Waals surface area contributed by atoms with E-state index >= 15 is 0 Å². The number of guanidine groups is 1. The maximum atomic E-state index is 13.8.